The fourth-order valence-corrected chi connectivity index (χ4v) is 10.2. The van der Waals surface area contributed by atoms with Gasteiger partial charge in [-0.2, -0.15) is 10.1 Å². The van der Waals surface area contributed by atoms with Crippen molar-refractivity contribution >= 4 is 28.9 Å². The number of aromatic nitrogens is 8. The molecule has 0 unspecified atom stereocenters. The maximum atomic E-state index is 12.4. The standard InChI is InChI=1S/C10H13Cl.C10H13F.C9H13N.C9H18.C8H13NO.C8H13NS.C7H13N3.C7H12N2O.C6H12O2.C6H12.C4H10.2CH4/c2*1-8(2)7-9-3-5-10(11)6-4-9;1-8(2)7-9-5-3-4-6-10-9;1-8(2)9-6-4-3-5-7-9;1-6(2)4-8-5-7(3)9-10-8;1-6(2)4-8-9-7(3)5-10-8;1-6(2)4-7-8-5-9-10(7)3;1-5(2)4-7-8-6(3)10-9-7;1-5(2)4-6(7)8-3;1-4-5-6(2)3;1-4(2)3;;/h2*3-6,8H,7H2,1-2H3;3-6,8H,7H2,1-2H3;8-9H,3-7H2,1-2H3;3*5-6H,4H2,1-3H3;5H,4H2,1-3H3;5H,4H2,1-3H3;4,6H,1,5H2,2-3H3;4H,1-3H3;2*1H4. The molecule has 1 aliphatic rings. The smallest absolute Gasteiger partial charge is 0.305 e. The first-order valence-corrected chi connectivity index (χ1v) is 38.1. The maximum absolute atomic E-state index is 12.4. The zero-order chi connectivity index (χ0) is 76.0. The van der Waals surface area contributed by atoms with Crippen LogP contribution in [0.1, 0.15) is 276 Å². The van der Waals surface area contributed by atoms with Gasteiger partial charge in [0.2, 0.25) is 5.89 Å². The van der Waals surface area contributed by atoms with Gasteiger partial charge in [0.25, 0.3) is 0 Å². The number of halogens is 2. The van der Waals surface area contributed by atoms with Crippen LogP contribution in [0.15, 0.2) is 112 Å². The average molecular weight is 1450 g/mol. The van der Waals surface area contributed by atoms with Crippen LogP contribution >= 0.6 is 22.9 Å². The number of hydrogen-bond donors (Lipinski definition) is 0. The van der Waals surface area contributed by atoms with Crippen LogP contribution in [0.4, 0.5) is 4.39 Å². The predicted octanol–water partition coefficient (Wildman–Crippen LogP) is 25.8. The lowest BCUT2D eigenvalue weighted by atomic mass is 9.82. The van der Waals surface area contributed by atoms with E-state index in [1.54, 1.807) is 24.6 Å². The summed E-state index contributed by atoms with van der Waals surface area (Å²) in [5.41, 5.74) is 5.89. The van der Waals surface area contributed by atoms with E-state index in [1.807, 2.05) is 94.2 Å². The number of esters is 1. The number of thiazole rings is 1. The van der Waals surface area contributed by atoms with E-state index in [0.717, 1.165) is 121 Å². The van der Waals surface area contributed by atoms with Crippen molar-refractivity contribution in [3.05, 3.63) is 171 Å². The van der Waals surface area contributed by atoms with Gasteiger partial charge in [0.15, 0.2) is 5.82 Å². The molecule has 101 heavy (non-hydrogen) atoms. The highest BCUT2D eigenvalue weighted by Gasteiger charge is 2.16. The predicted molar refractivity (Wildman–Crippen MR) is 437 cm³/mol. The number of rotatable bonds is 19. The van der Waals surface area contributed by atoms with Gasteiger partial charge in [-0.15, -0.1) is 17.9 Å². The van der Waals surface area contributed by atoms with Gasteiger partial charge in [-0.05, 0) is 158 Å². The Morgan fingerprint density at radius 1 is 0.614 bits per heavy atom. The van der Waals surface area contributed by atoms with Gasteiger partial charge in [-0.25, -0.2) is 14.4 Å². The highest BCUT2D eigenvalue weighted by Crippen LogP contribution is 2.29. The lowest BCUT2D eigenvalue weighted by Gasteiger charge is -2.24. The molecule has 0 atom stereocenters. The molecule has 0 amide bonds. The molecule has 12 nitrogen and oxygen atoms in total. The maximum Gasteiger partial charge on any atom is 0.305 e. The number of carbonyl (C=O) groups is 1. The Hall–Kier alpha value is -5.86. The quantitative estimate of drug-likeness (QED) is 0.0563. The van der Waals surface area contributed by atoms with Crippen molar-refractivity contribution < 1.29 is 23.0 Å². The molecule has 7 aromatic rings. The molecule has 1 fully saturated rings. The average Bonchev–Trinajstić information content (AvgIpc) is 1.89. The van der Waals surface area contributed by atoms with E-state index < -0.39 is 0 Å². The van der Waals surface area contributed by atoms with Crippen LogP contribution in [0.2, 0.25) is 5.02 Å². The van der Waals surface area contributed by atoms with Crippen molar-refractivity contribution in [1.29, 1.82) is 0 Å². The summed E-state index contributed by atoms with van der Waals surface area (Å²) in [7, 11) is 3.33. The molecule has 0 spiro atoms. The summed E-state index contributed by atoms with van der Waals surface area (Å²) in [6, 6.07) is 22.8. The second-order valence-electron chi connectivity index (χ2n) is 30.6. The van der Waals surface area contributed by atoms with E-state index in [1.165, 1.54) is 73.2 Å². The third kappa shape index (κ3) is 68.3. The first kappa shape index (κ1) is 104. The van der Waals surface area contributed by atoms with Gasteiger partial charge in [0.05, 0.1) is 17.8 Å². The molecule has 1 aliphatic carbocycles. The summed E-state index contributed by atoms with van der Waals surface area (Å²) < 4.78 is 28.5. The normalized spacial score (nSPS) is 11.3. The number of pyridine rings is 1. The van der Waals surface area contributed by atoms with Crippen LogP contribution in [0.5, 0.6) is 0 Å². The topological polar surface area (TPSA) is 148 Å². The second-order valence-corrected chi connectivity index (χ2v) is 32.0. The Morgan fingerprint density at radius 2 is 1.12 bits per heavy atom. The van der Waals surface area contributed by atoms with E-state index in [0.29, 0.717) is 47.8 Å². The van der Waals surface area contributed by atoms with Gasteiger partial charge in [0, 0.05) is 80.1 Å². The van der Waals surface area contributed by atoms with Crippen molar-refractivity contribution in [1.82, 2.24) is 40.0 Å². The third-order valence-electron chi connectivity index (χ3n) is 13.6. The van der Waals surface area contributed by atoms with Crippen molar-refractivity contribution in [2.75, 3.05) is 7.11 Å². The molecule has 0 saturated heterocycles. The Morgan fingerprint density at radius 3 is 1.45 bits per heavy atom. The Bertz CT molecular complexity index is 2770. The van der Waals surface area contributed by atoms with Crippen LogP contribution in [0, 0.1) is 97.6 Å². The molecule has 1 saturated carbocycles. The van der Waals surface area contributed by atoms with Gasteiger partial charge in [-0.3, -0.25) is 14.5 Å². The molecular weight excluding hydrogens is 1300 g/mol. The molecule has 578 valence electrons. The third-order valence-corrected chi connectivity index (χ3v) is 14.8. The van der Waals surface area contributed by atoms with E-state index in [9.17, 15) is 9.18 Å². The highest BCUT2D eigenvalue weighted by molar-refractivity contribution is 7.09. The van der Waals surface area contributed by atoms with Gasteiger partial charge < -0.3 is 13.8 Å². The fourth-order valence-electron chi connectivity index (χ4n) is 9.09. The molecule has 0 N–H and O–H groups in total. The molecule has 0 aliphatic heterocycles. The highest BCUT2D eigenvalue weighted by atomic mass is 35.5. The summed E-state index contributed by atoms with van der Waals surface area (Å²) in [5, 5.41) is 15.7. The molecular formula is C86H150ClFN8O4S. The Labute approximate surface area is 628 Å². The van der Waals surface area contributed by atoms with Crippen LogP contribution < -0.4 is 0 Å². The first-order valence-electron chi connectivity index (χ1n) is 36.9. The number of nitrogens with zero attached hydrogens (tertiary/aromatic N) is 8. The molecule has 0 radical (unpaired) electrons. The number of aryl methyl sites for hydroxylation is 4. The molecule has 5 aromatic heterocycles. The van der Waals surface area contributed by atoms with E-state index in [4.69, 9.17) is 20.6 Å². The van der Waals surface area contributed by atoms with Crippen LogP contribution in [0.3, 0.4) is 0 Å². The lowest BCUT2D eigenvalue weighted by molar-refractivity contribution is -0.141. The zero-order valence-corrected chi connectivity index (χ0v) is 69.2. The number of carbonyl (C=O) groups excluding carboxylic acids is 1. The van der Waals surface area contributed by atoms with Crippen LogP contribution in [-0.2, 0) is 61.5 Å². The minimum Gasteiger partial charge on any atom is -0.469 e. The molecule has 8 rings (SSSR count). The first-order chi connectivity index (χ1) is 46.4. The SMILES string of the molecule is C.C.C=CCC(C)C.CC(C)C.CC(C)C1CCCCC1.CC(C)Cc1ccc(Cl)cc1.CC(C)Cc1ccc(F)cc1.CC(C)Cc1ccccn1.CC(C)Cc1ncnn1C.COC(=O)CC(C)C.Cc1cc(CC(C)C)on1.Cc1csc(CC(C)C)n1.Cc1nc(CC(C)C)no1. The Kier molecular flexibility index (Phi) is 65.5. The van der Waals surface area contributed by atoms with Crippen molar-refractivity contribution in [3.8, 4) is 0 Å². The molecule has 5 heterocycles. The van der Waals surface area contributed by atoms with E-state index in [-0.39, 0.29) is 26.6 Å². The molecule has 0 bridgehead atoms. The molecule has 2 aromatic carbocycles. The zero-order valence-electron chi connectivity index (χ0n) is 67.6. The molecule has 15 heteroatoms. The number of hydrogen-bond acceptors (Lipinski definition) is 12. The monoisotopic (exact) mass is 1450 g/mol. The van der Waals surface area contributed by atoms with E-state index in [2.05, 4.69) is 216 Å². The largest absolute Gasteiger partial charge is 0.469 e. The van der Waals surface area contributed by atoms with Crippen molar-refractivity contribution in [2.24, 2.45) is 78.1 Å². The summed E-state index contributed by atoms with van der Waals surface area (Å²) in [6.45, 7) is 59.5. The Balaban J connectivity index is -0.000000336. The summed E-state index contributed by atoms with van der Waals surface area (Å²) in [4.78, 5) is 27.2. The number of allylic oxidation sites excluding steroid dienone is 1. The summed E-state index contributed by atoms with van der Waals surface area (Å²) in [5.74, 6) is 11.9. The number of ether oxygens (including phenoxy) is 1. The lowest BCUT2D eigenvalue weighted by Crippen LogP contribution is -2.12. The second kappa shape index (κ2) is 63.8. The summed E-state index contributed by atoms with van der Waals surface area (Å²) in [6.07, 6.45) is 21.8. The van der Waals surface area contributed by atoms with Gasteiger partial charge >= 0.3 is 5.97 Å². The van der Waals surface area contributed by atoms with Gasteiger partial charge in [-0.1, -0.05) is 265 Å². The van der Waals surface area contributed by atoms with E-state index >= 15 is 0 Å². The fraction of sp³-hybridized carbons (Fsp3) is 0.651. The van der Waals surface area contributed by atoms with Gasteiger partial charge in [0.1, 0.15) is 23.7 Å². The number of benzene rings is 2. The van der Waals surface area contributed by atoms with Crippen LogP contribution in [0.25, 0.3) is 0 Å². The van der Waals surface area contributed by atoms with Crippen LogP contribution in [-0.4, -0.2) is 53.1 Å². The minimum atomic E-state index is -0.155. The summed E-state index contributed by atoms with van der Waals surface area (Å²) >= 11 is 7.51. The van der Waals surface area contributed by atoms with Crippen molar-refractivity contribution in [2.45, 2.75) is 285 Å². The van der Waals surface area contributed by atoms with Crippen molar-refractivity contribution in [3.63, 3.8) is 0 Å². The minimum absolute atomic E-state index is 0. The number of methoxy groups -OCH3 is 1.